The Kier molecular flexibility index (Phi) is 5.72. The second-order valence-corrected chi connectivity index (χ2v) is 9.83. The lowest BCUT2D eigenvalue weighted by molar-refractivity contribution is -0.150. The maximum Gasteiger partial charge on any atom is 0.372 e. The molecule has 0 aromatic heterocycles. The second-order valence-electron chi connectivity index (χ2n) is 9.83. The average molecular weight is 418 g/mol. The molecule has 1 aliphatic heterocycles. The monoisotopic (exact) mass is 417 g/mol. The zero-order valence-corrected chi connectivity index (χ0v) is 17.8. The fourth-order valence-electron chi connectivity index (χ4n) is 5.93. The maximum atomic E-state index is 13.9. The summed E-state index contributed by atoms with van der Waals surface area (Å²) in [5, 5.41) is 8.78. The van der Waals surface area contributed by atoms with Crippen LogP contribution in [0.1, 0.15) is 56.9 Å². The number of hydrazine groups is 1. The predicted octanol–water partition coefficient (Wildman–Crippen LogP) is 2.83. The number of carbonyl (C=O) groups is 2. The minimum absolute atomic E-state index is 0.0550. The highest BCUT2D eigenvalue weighted by atomic mass is 19.1. The third kappa shape index (κ3) is 3.90. The van der Waals surface area contributed by atoms with Gasteiger partial charge in [0.05, 0.1) is 0 Å². The van der Waals surface area contributed by atoms with Gasteiger partial charge in [-0.1, -0.05) is 12.1 Å². The van der Waals surface area contributed by atoms with E-state index in [1.807, 2.05) is 6.07 Å². The molecule has 3 N–H and O–H groups in total. The summed E-state index contributed by atoms with van der Waals surface area (Å²) in [5.74, 6) is -1.47. The van der Waals surface area contributed by atoms with Gasteiger partial charge < -0.3 is 5.11 Å². The average Bonchev–Trinajstić information content (AvgIpc) is 3.07. The fraction of sp³-hybridized carbons (Fsp3) is 0.652. The Balaban J connectivity index is 1.35. The Hall–Kier alpha value is -1.83. The van der Waals surface area contributed by atoms with E-state index in [1.165, 1.54) is 6.07 Å². The van der Waals surface area contributed by atoms with Gasteiger partial charge in [-0.15, -0.1) is 0 Å². The highest BCUT2D eigenvalue weighted by molar-refractivity contribution is 6.32. The number of nitrogens with zero attached hydrogens (tertiary/aromatic N) is 1. The molecule has 6 nitrogen and oxygen atoms in total. The van der Waals surface area contributed by atoms with E-state index in [0.29, 0.717) is 12.0 Å². The lowest BCUT2D eigenvalue weighted by Gasteiger charge is -2.49. The summed E-state index contributed by atoms with van der Waals surface area (Å²) in [6, 6.07) is 7.38. The van der Waals surface area contributed by atoms with Crippen molar-refractivity contribution in [2.45, 2.75) is 68.5 Å². The molecule has 1 aromatic carbocycles. The Bertz CT molecular complexity index is 814. The van der Waals surface area contributed by atoms with Crippen LogP contribution in [-0.4, -0.2) is 47.4 Å². The van der Waals surface area contributed by atoms with Gasteiger partial charge in [0.1, 0.15) is 5.82 Å². The summed E-state index contributed by atoms with van der Waals surface area (Å²) >= 11 is 0. The molecule has 1 heterocycles. The van der Waals surface area contributed by atoms with Crippen LogP contribution in [0.5, 0.6) is 0 Å². The van der Waals surface area contributed by atoms with Crippen LogP contribution in [0.15, 0.2) is 24.3 Å². The van der Waals surface area contributed by atoms with Crippen molar-refractivity contribution in [3.63, 3.8) is 0 Å². The van der Waals surface area contributed by atoms with Crippen molar-refractivity contribution in [1.29, 1.82) is 0 Å². The molecule has 7 heteroatoms. The molecule has 164 valence electrons. The van der Waals surface area contributed by atoms with E-state index in [2.05, 4.69) is 29.8 Å². The molecule has 0 radical (unpaired) electrons. The molecular weight excluding hydrogens is 385 g/mol. The van der Waals surface area contributed by atoms with Gasteiger partial charge in [-0.05, 0) is 88.6 Å². The first kappa shape index (κ1) is 21.4. The third-order valence-electron chi connectivity index (χ3n) is 7.94. The number of carboxylic acids is 1. The molecule has 0 amide bonds. The molecule has 3 fully saturated rings. The van der Waals surface area contributed by atoms with E-state index in [1.54, 1.807) is 12.1 Å². The fourth-order valence-corrected chi connectivity index (χ4v) is 5.93. The van der Waals surface area contributed by atoms with Crippen molar-refractivity contribution in [1.82, 2.24) is 15.8 Å². The van der Waals surface area contributed by atoms with Crippen LogP contribution < -0.4 is 10.9 Å². The minimum atomic E-state index is -1.32. The first-order chi connectivity index (χ1) is 14.2. The Morgan fingerprint density at radius 3 is 2.50 bits per heavy atom. The van der Waals surface area contributed by atoms with Gasteiger partial charge in [0.2, 0.25) is 5.78 Å². The van der Waals surface area contributed by atoms with Crippen molar-refractivity contribution in [3.05, 3.63) is 35.6 Å². The van der Waals surface area contributed by atoms with E-state index in [-0.39, 0.29) is 29.2 Å². The highest BCUT2D eigenvalue weighted by Crippen LogP contribution is 2.49. The lowest BCUT2D eigenvalue weighted by Crippen LogP contribution is -2.53. The number of benzene rings is 1. The van der Waals surface area contributed by atoms with Crippen LogP contribution >= 0.6 is 0 Å². The third-order valence-corrected chi connectivity index (χ3v) is 7.94. The largest absolute Gasteiger partial charge is 0.476 e. The quantitative estimate of drug-likeness (QED) is 0.618. The summed E-state index contributed by atoms with van der Waals surface area (Å²) in [4.78, 5) is 24.4. The molecule has 1 spiro atoms. The van der Waals surface area contributed by atoms with E-state index >= 15 is 0 Å². The molecule has 0 bridgehead atoms. The van der Waals surface area contributed by atoms with Crippen molar-refractivity contribution >= 4 is 11.8 Å². The Labute approximate surface area is 177 Å². The number of rotatable bonds is 6. The lowest BCUT2D eigenvalue weighted by atomic mass is 9.64. The molecule has 30 heavy (non-hydrogen) atoms. The van der Waals surface area contributed by atoms with Crippen LogP contribution in [-0.2, 0) is 15.1 Å². The summed E-state index contributed by atoms with van der Waals surface area (Å²) in [6.07, 6.45) is 6.99. The first-order valence-corrected chi connectivity index (χ1v) is 11.0. The van der Waals surface area contributed by atoms with Crippen molar-refractivity contribution in [2.75, 3.05) is 14.1 Å². The number of hydrogen-bond donors (Lipinski definition) is 3. The van der Waals surface area contributed by atoms with Gasteiger partial charge >= 0.3 is 5.97 Å². The topological polar surface area (TPSA) is 81.7 Å². The van der Waals surface area contributed by atoms with Crippen LogP contribution in [0.2, 0.25) is 0 Å². The molecule has 1 aromatic rings. The van der Waals surface area contributed by atoms with Crippen LogP contribution in [0, 0.1) is 17.7 Å². The van der Waals surface area contributed by atoms with Crippen molar-refractivity contribution in [3.8, 4) is 0 Å². The van der Waals surface area contributed by atoms with Crippen molar-refractivity contribution < 1.29 is 19.1 Å². The van der Waals surface area contributed by atoms with Crippen LogP contribution in [0.3, 0.4) is 0 Å². The number of ketones is 1. The van der Waals surface area contributed by atoms with Gasteiger partial charge in [0.15, 0.2) is 0 Å². The molecule has 1 unspecified atom stereocenters. The van der Waals surface area contributed by atoms with Gasteiger partial charge in [0, 0.05) is 23.5 Å². The Morgan fingerprint density at radius 2 is 1.90 bits per heavy atom. The molecule has 1 saturated heterocycles. The summed E-state index contributed by atoms with van der Waals surface area (Å²) in [6.45, 7) is 0. The Morgan fingerprint density at radius 1 is 1.20 bits per heavy atom. The summed E-state index contributed by atoms with van der Waals surface area (Å²) in [5.41, 5.74) is 8.04. The first-order valence-electron chi connectivity index (χ1n) is 11.0. The SMILES string of the molecule is CN(C)C1(c2cccc(F)c2)CCC2(CC1)CC(C1CC(CC(=O)C(=O)O)C1)NN2. The highest BCUT2D eigenvalue weighted by Gasteiger charge is 2.50. The van der Waals surface area contributed by atoms with Crippen molar-refractivity contribution in [2.24, 2.45) is 11.8 Å². The number of halogens is 1. The predicted molar refractivity (Wildman–Crippen MR) is 111 cm³/mol. The maximum absolute atomic E-state index is 13.9. The van der Waals surface area contributed by atoms with Crippen LogP contribution in [0.25, 0.3) is 0 Å². The number of hydrogen-bond acceptors (Lipinski definition) is 5. The number of carboxylic acid groups (broad SMARTS) is 1. The smallest absolute Gasteiger partial charge is 0.372 e. The molecule has 2 aliphatic carbocycles. The van der Waals surface area contributed by atoms with Gasteiger partial charge in [-0.3, -0.25) is 20.5 Å². The number of aliphatic carboxylic acids is 1. The normalized spacial score (nSPS) is 36.1. The second kappa shape index (κ2) is 8.02. The molecule has 1 atom stereocenters. The van der Waals surface area contributed by atoms with Crippen LogP contribution in [0.4, 0.5) is 4.39 Å². The minimum Gasteiger partial charge on any atom is -0.476 e. The number of carbonyl (C=O) groups excluding carboxylic acids is 1. The van der Waals surface area contributed by atoms with Gasteiger partial charge in [0.25, 0.3) is 0 Å². The number of nitrogens with one attached hydrogen (secondary N) is 2. The molecule has 2 saturated carbocycles. The standard InChI is InChI=1S/C23H32FN3O3/c1-27(2)23(17-4-3-5-18(24)13-17)8-6-22(7-9-23)14-19(25-26-22)16-10-15(11-16)12-20(28)21(29)30/h3-5,13,15-16,19,25-26H,6-12,14H2,1-2H3,(H,29,30). The van der Waals surface area contributed by atoms with E-state index in [9.17, 15) is 14.0 Å². The van der Waals surface area contributed by atoms with E-state index in [4.69, 9.17) is 5.11 Å². The zero-order valence-electron chi connectivity index (χ0n) is 17.8. The molecular formula is C23H32FN3O3. The molecule has 4 rings (SSSR count). The zero-order chi connectivity index (χ0) is 21.5. The number of Topliss-reactive ketones (excluding diaryl/α,β-unsaturated/α-hetero) is 1. The van der Waals surface area contributed by atoms with E-state index in [0.717, 1.165) is 50.5 Å². The van der Waals surface area contributed by atoms with E-state index < -0.39 is 11.8 Å². The van der Waals surface area contributed by atoms with Gasteiger partial charge in [-0.2, -0.15) is 0 Å². The molecule has 3 aliphatic rings. The summed E-state index contributed by atoms with van der Waals surface area (Å²) < 4.78 is 13.9. The summed E-state index contributed by atoms with van der Waals surface area (Å²) in [7, 11) is 4.16. The van der Waals surface area contributed by atoms with Gasteiger partial charge in [-0.25, -0.2) is 9.18 Å².